The number of rotatable bonds is 52. The molecule has 1 unspecified atom stereocenters. The molecule has 0 aliphatic carbocycles. The van der Waals surface area contributed by atoms with Crippen molar-refractivity contribution in [3.63, 3.8) is 0 Å². The Balaban J connectivity index is 4.11. The highest BCUT2D eigenvalue weighted by atomic mass is 16.6. The van der Waals surface area contributed by atoms with Crippen molar-refractivity contribution in [2.24, 2.45) is 0 Å². The Morgan fingerprint density at radius 3 is 0.864 bits per heavy atom. The molecule has 0 aromatic heterocycles. The van der Waals surface area contributed by atoms with Gasteiger partial charge >= 0.3 is 17.9 Å². The maximum Gasteiger partial charge on any atom is 0.306 e. The van der Waals surface area contributed by atoms with Crippen LogP contribution in [0.25, 0.3) is 0 Å². The van der Waals surface area contributed by atoms with Crippen LogP contribution in [0.1, 0.15) is 297 Å². The van der Waals surface area contributed by atoms with Crippen molar-refractivity contribution in [1.29, 1.82) is 0 Å². The predicted molar refractivity (Wildman–Crippen MR) is 284 cm³/mol. The zero-order valence-electron chi connectivity index (χ0n) is 44.0. The second-order valence-electron chi connectivity index (χ2n) is 19.2. The van der Waals surface area contributed by atoms with E-state index >= 15 is 0 Å². The third-order valence-corrected chi connectivity index (χ3v) is 12.6. The minimum Gasteiger partial charge on any atom is -0.462 e. The van der Waals surface area contributed by atoms with Gasteiger partial charge < -0.3 is 14.2 Å². The molecule has 6 nitrogen and oxygen atoms in total. The van der Waals surface area contributed by atoms with Crippen molar-refractivity contribution in [2.75, 3.05) is 13.2 Å². The van der Waals surface area contributed by atoms with Crippen LogP contribution in [0.3, 0.4) is 0 Å². The van der Waals surface area contributed by atoms with E-state index in [1.165, 1.54) is 180 Å². The number of carbonyl (C=O) groups is 3. The molecule has 0 saturated carbocycles. The zero-order valence-corrected chi connectivity index (χ0v) is 44.0. The van der Waals surface area contributed by atoms with E-state index in [4.69, 9.17) is 14.2 Å². The number of ether oxygens (including phenoxy) is 3. The fourth-order valence-electron chi connectivity index (χ4n) is 8.21. The van der Waals surface area contributed by atoms with E-state index in [1.54, 1.807) is 0 Å². The minimum atomic E-state index is -0.773. The summed E-state index contributed by atoms with van der Waals surface area (Å²) in [4.78, 5) is 37.9. The molecule has 0 N–H and O–H groups in total. The molecular formula is C60H108O6. The van der Waals surface area contributed by atoms with Gasteiger partial charge in [0.1, 0.15) is 13.2 Å². The fourth-order valence-corrected chi connectivity index (χ4v) is 8.21. The number of hydrogen-bond acceptors (Lipinski definition) is 6. The summed E-state index contributed by atoms with van der Waals surface area (Å²) in [6.07, 6.45) is 67.0. The lowest BCUT2D eigenvalue weighted by molar-refractivity contribution is -0.167. The number of hydrogen-bond donors (Lipinski definition) is 0. The Morgan fingerprint density at radius 1 is 0.303 bits per heavy atom. The number of esters is 3. The molecule has 1 atom stereocenters. The van der Waals surface area contributed by atoms with Gasteiger partial charge in [0.2, 0.25) is 0 Å². The maximum atomic E-state index is 12.8. The Bertz CT molecular complexity index is 1150. The van der Waals surface area contributed by atoms with Crippen molar-refractivity contribution in [3.05, 3.63) is 48.6 Å². The van der Waals surface area contributed by atoms with Gasteiger partial charge in [0.15, 0.2) is 6.10 Å². The van der Waals surface area contributed by atoms with Gasteiger partial charge in [-0.2, -0.15) is 0 Å². The van der Waals surface area contributed by atoms with Gasteiger partial charge in [-0.3, -0.25) is 14.4 Å². The lowest BCUT2D eigenvalue weighted by atomic mass is 10.0. The highest BCUT2D eigenvalue weighted by Gasteiger charge is 2.19. The second kappa shape index (κ2) is 55.0. The van der Waals surface area contributed by atoms with Crippen molar-refractivity contribution in [1.82, 2.24) is 0 Å². The van der Waals surface area contributed by atoms with E-state index < -0.39 is 6.10 Å². The molecule has 0 heterocycles. The van der Waals surface area contributed by atoms with Crippen molar-refractivity contribution in [2.45, 2.75) is 303 Å². The van der Waals surface area contributed by atoms with E-state index in [2.05, 4.69) is 69.4 Å². The Kier molecular flexibility index (Phi) is 52.8. The zero-order chi connectivity index (χ0) is 47.9. The van der Waals surface area contributed by atoms with Gasteiger partial charge in [-0.25, -0.2) is 0 Å². The van der Waals surface area contributed by atoms with Crippen LogP contribution in [0, 0.1) is 0 Å². The van der Waals surface area contributed by atoms with Crippen molar-refractivity contribution >= 4 is 17.9 Å². The summed E-state index contributed by atoms with van der Waals surface area (Å²) in [5.74, 6) is -0.882. The molecule has 0 saturated heterocycles. The first-order valence-corrected chi connectivity index (χ1v) is 28.6. The largest absolute Gasteiger partial charge is 0.462 e. The summed E-state index contributed by atoms with van der Waals surface area (Å²) < 4.78 is 16.8. The van der Waals surface area contributed by atoms with E-state index in [0.717, 1.165) is 77.0 Å². The van der Waals surface area contributed by atoms with Crippen LogP contribution in [0.4, 0.5) is 0 Å². The average Bonchev–Trinajstić information content (AvgIpc) is 3.31. The van der Waals surface area contributed by atoms with Gasteiger partial charge in [0.25, 0.3) is 0 Å². The summed E-state index contributed by atoms with van der Waals surface area (Å²) in [5.41, 5.74) is 0. The highest BCUT2D eigenvalue weighted by molar-refractivity contribution is 5.71. The van der Waals surface area contributed by atoms with Crippen LogP contribution >= 0.6 is 0 Å². The molecule has 0 rings (SSSR count). The van der Waals surface area contributed by atoms with Gasteiger partial charge in [-0.15, -0.1) is 0 Å². The lowest BCUT2D eigenvalue weighted by Gasteiger charge is -2.18. The van der Waals surface area contributed by atoms with Crippen LogP contribution in [-0.2, 0) is 28.6 Å². The van der Waals surface area contributed by atoms with Crippen LogP contribution < -0.4 is 0 Å². The summed E-state index contributed by atoms with van der Waals surface area (Å²) in [7, 11) is 0. The third kappa shape index (κ3) is 52.3. The van der Waals surface area contributed by atoms with Crippen LogP contribution in [0.2, 0.25) is 0 Å². The SMILES string of the molecule is CCCCCCC/C=C\C/C=C\C/C=C\CCCCCCCCCCCCCCC(=O)OCC(COC(=O)CCCCCCCCC)OC(=O)CCCCCCC/C=C\CCCCCCC. The van der Waals surface area contributed by atoms with Gasteiger partial charge in [0.05, 0.1) is 0 Å². The Morgan fingerprint density at radius 2 is 0.545 bits per heavy atom. The molecule has 0 aromatic rings. The molecule has 6 heteroatoms. The Hall–Kier alpha value is -2.63. The molecule has 384 valence electrons. The van der Waals surface area contributed by atoms with E-state index in [9.17, 15) is 14.4 Å². The van der Waals surface area contributed by atoms with E-state index in [0.29, 0.717) is 19.3 Å². The quantitative estimate of drug-likeness (QED) is 0.0262. The van der Waals surface area contributed by atoms with Crippen molar-refractivity contribution < 1.29 is 28.6 Å². The van der Waals surface area contributed by atoms with Crippen LogP contribution in [0.15, 0.2) is 48.6 Å². The number of unbranched alkanes of at least 4 members (excludes halogenated alkanes) is 33. The molecule has 0 radical (unpaired) electrons. The summed E-state index contributed by atoms with van der Waals surface area (Å²) >= 11 is 0. The van der Waals surface area contributed by atoms with Gasteiger partial charge in [-0.05, 0) is 83.5 Å². The molecule has 0 fully saturated rings. The molecule has 0 amide bonds. The average molecular weight is 926 g/mol. The van der Waals surface area contributed by atoms with Gasteiger partial charge in [-0.1, -0.05) is 243 Å². The topological polar surface area (TPSA) is 78.9 Å². The first-order valence-electron chi connectivity index (χ1n) is 28.6. The normalized spacial score (nSPS) is 12.3. The first kappa shape index (κ1) is 63.4. The summed E-state index contributed by atoms with van der Waals surface area (Å²) in [6, 6.07) is 0. The Labute approximate surface area is 409 Å². The van der Waals surface area contributed by atoms with Gasteiger partial charge in [0, 0.05) is 19.3 Å². The lowest BCUT2D eigenvalue weighted by Crippen LogP contribution is -2.30. The first-order chi connectivity index (χ1) is 32.5. The monoisotopic (exact) mass is 925 g/mol. The van der Waals surface area contributed by atoms with E-state index in [-0.39, 0.29) is 31.1 Å². The summed E-state index contributed by atoms with van der Waals surface area (Å²) in [6.45, 7) is 6.59. The summed E-state index contributed by atoms with van der Waals surface area (Å²) in [5, 5.41) is 0. The van der Waals surface area contributed by atoms with Crippen LogP contribution in [0.5, 0.6) is 0 Å². The fraction of sp³-hybridized carbons (Fsp3) is 0.817. The number of allylic oxidation sites excluding steroid dienone is 8. The number of carbonyl (C=O) groups excluding carboxylic acids is 3. The molecule has 0 aromatic carbocycles. The predicted octanol–water partition coefficient (Wildman–Crippen LogP) is 19.0. The third-order valence-electron chi connectivity index (χ3n) is 12.6. The molecule has 0 spiro atoms. The minimum absolute atomic E-state index is 0.0749. The molecule has 66 heavy (non-hydrogen) atoms. The maximum absolute atomic E-state index is 12.8. The van der Waals surface area contributed by atoms with Crippen molar-refractivity contribution in [3.8, 4) is 0 Å². The smallest absolute Gasteiger partial charge is 0.306 e. The highest BCUT2D eigenvalue weighted by Crippen LogP contribution is 2.16. The second-order valence-corrected chi connectivity index (χ2v) is 19.2. The molecule has 0 aliphatic rings. The standard InChI is InChI=1S/C60H108O6/c1-4-7-10-13-16-18-20-22-24-25-26-27-28-29-30-31-32-33-34-35-36-38-39-41-44-47-50-53-59(62)65-56-57(55-64-58(61)52-49-46-43-15-12-9-6-3)66-60(63)54-51-48-45-42-40-37-23-21-19-17-14-11-8-5-2/h20-23,25-26,28-29,57H,4-19,24,27,30-56H2,1-3H3/b22-20-,23-21-,26-25-,29-28-. The van der Waals surface area contributed by atoms with Crippen LogP contribution in [-0.4, -0.2) is 37.2 Å². The van der Waals surface area contributed by atoms with E-state index in [1.807, 2.05) is 0 Å². The molecule has 0 bridgehead atoms. The molecule has 0 aliphatic heterocycles. The molecular weight excluding hydrogens is 817 g/mol.